The maximum Gasteiger partial charge on any atom is 0.216 e. The van der Waals surface area contributed by atoms with Crippen LogP contribution < -0.4 is 0 Å². The molecule has 5 heterocycles. The van der Waals surface area contributed by atoms with Crippen molar-refractivity contribution in [1.29, 1.82) is 0 Å². The van der Waals surface area contributed by atoms with E-state index in [0.29, 0.717) is 22.4 Å². The molecule has 7 aromatic rings. The van der Waals surface area contributed by atoms with Gasteiger partial charge in [0.15, 0.2) is 0 Å². The van der Waals surface area contributed by atoms with Gasteiger partial charge < -0.3 is 9.40 Å². The zero-order chi connectivity index (χ0) is 34.6. The predicted molar refractivity (Wildman–Crippen MR) is 180 cm³/mol. The number of rotatable bonds is 3. The zero-order valence-electron chi connectivity index (χ0n) is 30.4. The minimum atomic E-state index is -2.32. The van der Waals surface area contributed by atoms with Gasteiger partial charge in [-0.2, -0.15) is 0 Å². The summed E-state index contributed by atoms with van der Waals surface area (Å²) < 4.78 is 46.1. The molecule has 0 spiro atoms. The van der Waals surface area contributed by atoms with E-state index in [1.54, 1.807) is 12.1 Å². The van der Waals surface area contributed by atoms with Gasteiger partial charge >= 0.3 is 0 Å². The first-order valence-electron chi connectivity index (χ1n) is 16.6. The number of hydrogen-bond acceptors (Lipinski definition) is 5. The fraction of sp³-hybridized carbons (Fsp3) is 0.237. The van der Waals surface area contributed by atoms with Crippen molar-refractivity contribution in [3.8, 4) is 22.5 Å². The van der Waals surface area contributed by atoms with Crippen LogP contribution in [-0.2, 0) is 26.5 Å². The van der Waals surface area contributed by atoms with Crippen molar-refractivity contribution >= 4 is 43.6 Å². The van der Waals surface area contributed by atoms with E-state index in [4.69, 9.17) is 16.3 Å². The molecule has 225 valence electrons. The molecular formula is C38H35IrN3OS-2. The minimum Gasteiger partial charge on any atom is -0.486 e. The van der Waals surface area contributed by atoms with Crippen LogP contribution in [0.25, 0.3) is 54.8 Å². The Hall–Kier alpha value is -3.70. The maximum atomic E-state index is 8.64. The Morgan fingerprint density at radius 1 is 0.909 bits per heavy atom. The first-order chi connectivity index (χ1) is 22.5. The molecule has 7 rings (SSSR count). The fourth-order valence-electron chi connectivity index (χ4n) is 4.80. The van der Waals surface area contributed by atoms with Crippen molar-refractivity contribution in [3.05, 3.63) is 112 Å². The van der Waals surface area contributed by atoms with E-state index in [1.807, 2.05) is 56.6 Å². The standard InChI is InChI=1S/C24H21N2OS.C14H14N.Ir/c1-14-8-9-18-17-6-5-7-19(21(17)27-22(18)25-14)20-11-10-16-15(12-24(2,3)4)13-28-23(16)26-20;1-10-4-6-13(7-5-10)14-8-11(2)12(3)9-15-14;/h5-6,8-11,13H,12H2,1-4H3;4-6,8-9H,1-3H3;/q2*-1;/i1D3,12D2;;. The van der Waals surface area contributed by atoms with Gasteiger partial charge in [-0.1, -0.05) is 62.4 Å². The summed E-state index contributed by atoms with van der Waals surface area (Å²) in [4.78, 5) is 14.2. The second-order valence-electron chi connectivity index (χ2n) is 11.8. The van der Waals surface area contributed by atoms with Gasteiger partial charge in [0, 0.05) is 49.6 Å². The predicted octanol–water partition coefficient (Wildman–Crippen LogP) is 10.4. The Morgan fingerprint density at radius 2 is 1.73 bits per heavy atom. The van der Waals surface area contributed by atoms with Crippen LogP contribution in [0.15, 0.2) is 76.7 Å². The minimum absolute atomic E-state index is 0. The average Bonchev–Trinajstić information content (AvgIpc) is 3.63. The van der Waals surface area contributed by atoms with Crippen LogP contribution in [0.1, 0.15) is 55.6 Å². The molecule has 0 aliphatic rings. The third-order valence-corrected chi connectivity index (χ3v) is 8.01. The normalized spacial score (nSPS) is 13.7. The largest absolute Gasteiger partial charge is 0.486 e. The summed E-state index contributed by atoms with van der Waals surface area (Å²) in [5.74, 6) is 0. The third kappa shape index (κ3) is 6.68. The van der Waals surface area contributed by atoms with Gasteiger partial charge in [-0.3, -0.25) is 4.98 Å². The van der Waals surface area contributed by atoms with Crippen LogP contribution in [0.5, 0.6) is 0 Å². The average molecular weight is 779 g/mol. The van der Waals surface area contributed by atoms with Crippen molar-refractivity contribution in [3.63, 3.8) is 0 Å². The molecule has 4 nitrogen and oxygen atoms in total. The summed E-state index contributed by atoms with van der Waals surface area (Å²) in [6.07, 6.45) is 0.407. The van der Waals surface area contributed by atoms with E-state index < -0.39 is 18.6 Å². The van der Waals surface area contributed by atoms with Crippen LogP contribution in [0.2, 0.25) is 0 Å². The molecule has 2 aromatic carbocycles. The second-order valence-corrected chi connectivity index (χ2v) is 12.6. The Morgan fingerprint density at radius 3 is 2.45 bits per heavy atom. The van der Waals surface area contributed by atoms with E-state index in [1.165, 1.54) is 34.1 Å². The fourth-order valence-corrected chi connectivity index (χ4v) is 5.67. The molecule has 0 N–H and O–H groups in total. The molecule has 0 saturated heterocycles. The molecule has 0 fully saturated rings. The monoisotopic (exact) mass is 779 g/mol. The van der Waals surface area contributed by atoms with Gasteiger partial charge in [0.25, 0.3) is 0 Å². The van der Waals surface area contributed by atoms with Crippen molar-refractivity contribution in [2.75, 3.05) is 0 Å². The number of aromatic nitrogens is 3. The van der Waals surface area contributed by atoms with E-state index in [0.717, 1.165) is 32.2 Å². The third-order valence-electron chi connectivity index (χ3n) is 7.12. The van der Waals surface area contributed by atoms with Crippen LogP contribution in [0.3, 0.4) is 0 Å². The van der Waals surface area contributed by atoms with Crippen LogP contribution >= 0.6 is 11.3 Å². The first-order valence-corrected chi connectivity index (χ1v) is 15.0. The van der Waals surface area contributed by atoms with E-state index in [-0.39, 0.29) is 31.5 Å². The number of benzene rings is 2. The quantitative estimate of drug-likeness (QED) is 0.168. The molecule has 0 aliphatic heterocycles. The Kier molecular flexibility index (Phi) is 7.41. The van der Waals surface area contributed by atoms with E-state index in [9.17, 15) is 0 Å². The molecule has 0 aliphatic carbocycles. The Balaban J connectivity index is 0.000000246. The molecule has 0 amide bonds. The summed E-state index contributed by atoms with van der Waals surface area (Å²) in [6.45, 7) is 9.60. The Labute approximate surface area is 284 Å². The number of hydrogen-bond donors (Lipinski definition) is 0. The van der Waals surface area contributed by atoms with E-state index >= 15 is 0 Å². The summed E-state index contributed by atoms with van der Waals surface area (Å²) >= 11 is 1.41. The summed E-state index contributed by atoms with van der Waals surface area (Å²) in [7, 11) is 0. The van der Waals surface area contributed by atoms with Crippen LogP contribution in [0.4, 0.5) is 0 Å². The van der Waals surface area contributed by atoms with Gasteiger partial charge in [-0.25, -0.2) is 4.98 Å². The van der Waals surface area contributed by atoms with Gasteiger partial charge in [0.2, 0.25) is 5.71 Å². The number of pyridine rings is 3. The number of aryl methyl sites for hydroxylation is 4. The first kappa shape index (κ1) is 25.6. The Bertz CT molecular complexity index is 2290. The number of fused-ring (bicyclic) bond motifs is 4. The zero-order valence-corrected chi connectivity index (χ0v) is 28.6. The number of nitrogens with zero attached hydrogens (tertiary/aromatic N) is 3. The molecule has 44 heavy (non-hydrogen) atoms. The van der Waals surface area contributed by atoms with Crippen LogP contribution in [-0.4, -0.2) is 15.0 Å². The van der Waals surface area contributed by atoms with Crippen LogP contribution in [0, 0.1) is 45.2 Å². The van der Waals surface area contributed by atoms with Crippen molar-refractivity contribution in [1.82, 2.24) is 15.0 Å². The van der Waals surface area contributed by atoms with Gasteiger partial charge in [-0.15, -0.1) is 64.9 Å². The molecule has 6 heteroatoms. The van der Waals surface area contributed by atoms with Crippen molar-refractivity contribution in [2.45, 2.75) is 54.8 Å². The summed E-state index contributed by atoms with van der Waals surface area (Å²) in [5, 5.41) is 4.18. The molecular weight excluding hydrogens is 739 g/mol. The molecule has 5 aromatic heterocycles. The summed E-state index contributed by atoms with van der Waals surface area (Å²) in [5.41, 5.74) is 7.94. The SMILES string of the molecule is Cc1c[c-]c(-c2cc(C)c(C)cn2)cc1.[2H]C([2H])([2H])c1ccc2c(n1)oc1c(-c3ccc4c(C([2H])([2H])C(C)(C)C)csc4n3)[c-]ccc12.[Ir]. The maximum absolute atomic E-state index is 8.64. The van der Waals surface area contributed by atoms with Gasteiger partial charge in [-0.05, 0) is 72.5 Å². The smallest absolute Gasteiger partial charge is 0.216 e. The van der Waals surface area contributed by atoms with E-state index in [2.05, 4.69) is 61.1 Å². The molecule has 0 unspecified atom stereocenters. The second kappa shape index (κ2) is 12.7. The molecule has 0 bridgehead atoms. The van der Waals surface area contributed by atoms with Crippen molar-refractivity contribution in [2.24, 2.45) is 5.41 Å². The molecule has 0 atom stereocenters. The summed E-state index contributed by atoms with van der Waals surface area (Å²) in [6, 6.07) is 25.3. The molecule has 1 radical (unpaired) electrons. The number of thiophene rings is 1. The number of furan rings is 1. The topological polar surface area (TPSA) is 51.8 Å². The van der Waals surface area contributed by atoms with Gasteiger partial charge in [0.05, 0.1) is 5.58 Å². The van der Waals surface area contributed by atoms with Crippen molar-refractivity contribution < 1.29 is 31.4 Å². The van der Waals surface area contributed by atoms with Gasteiger partial charge in [0.1, 0.15) is 4.83 Å². The molecule has 0 saturated carbocycles.